The number of fused-ring (bicyclic) bond motifs is 1. The van der Waals surface area contributed by atoms with Crippen LogP contribution < -0.4 is 5.43 Å². The maximum atomic E-state index is 13.1. The molecule has 0 bridgehead atoms. The third-order valence-electron chi connectivity index (χ3n) is 5.53. The molecule has 0 aliphatic carbocycles. The number of imide groups is 1. The Morgan fingerprint density at radius 3 is 2.28 bits per heavy atom. The molecule has 0 unspecified atom stereocenters. The minimum absolute atomic E-state index is 0.0120. The number of nitro groups is 1. The van der Waals surface area contributed by atoms with Crippen molar-refractivity contribution in [3.63, 3.8) is 0 Å². The summed E-state index contributed by atoms with van der Waals surface area (Å²) in [5.74, 6) is -0.987. The number of carbonyl (C=O) groups excluding carboxylic acids is 2. The molecule has 1 N–H and O–H groups in total. The molecule has 0 aromatic heterocycles. The lowest BCUT2D eigenvalue weighted by Gasteiger charge is -2.26. The topological polar surface area (TPSA) is 95.8 Å². The molecule has 2 fully saturated rings. The van der Waals surface area contributed by atoms with Crippen molar-refractivity contribution in [1.29, 1.82) is 0 Å². The van der Waals surface area contributed by atoms with E-state index in [1.54, 1.807) is 12.1 Å². The van der Waals surface area contributed by atoms with Crippen LogP contribution in [0, 0.1) is 16.0 Å². The van der Waals surface area contributed by atoms with Crippen LogP contribution in [0.2, 0.25) is 0 Å². The molecule has 0 radical (unpaired) electrons. The molecule has 2 aromatic rings. The van der Waals surface area contributed by atoms with Gasteiger partial charge in [0.05, 0.1) is 16.9 Å². The van der Waals surface area contributed by atoms with Crippen LogP contribution in [0.15, 0.2) is 54.6 Å². The number of nitrogens with one attached hydrogen (secondary N) is 1. The number of hydrazine groups is 1. The predicted molar refractivity (Wildman–Crippen MR) is 105 cm³/mol. The Kier molecular flexibility index (Phi) is 4.89. The van der Waals surface area contributed by atoms with Gasteiger partial charge in [0.25, 0.3) is 5.69 Å². The van der Waals surface area contributed by atoms with Crippen LogP contribution in [0.25, 0.3) is 0 Å². The van der Waals surface area contributed by atoms with E-state index in [0.29, 0.717) is 6.54 Å². The highest BCUT2D eigenvalue weighted by Gasteiger charge is 2.58. The lowest BCUT2D eigenvalue weighted by molar-refractivity contribution is -0.384. The number of hydrogen-bond acceptors (Lipinski definition) is 6. The van der Waals surface area contributed by atoms with E-state index in [1.165, 1.54) is 17.0 Å². The molecular weight excluding hydrogens is 372 g/mol. The van der Waals surface area contributed by atoms with Crippen LogP contribution in [-0.4, -0.2) is 38.7 Å². The molecule has 150 valence electrons. The first-order chi connectivity index (χ1) is 13.9. The second kappa shape index (κ2) is 7.38. The van der Waals surface area contributed by atoms with Crippen molar-refractivity contribution < 1.29 is 14.5 Å². The standard InChI is InChI=1S/C21H22N4O4/c1-13(2)24-20(26)17-18(15-8-10-16(11-9-15)25(28)29)22-23(19(17)21(24)27)12-14-6-4-3-5-7-14/h3-11,13,17-19,22H,12H2,1-2H3/t17-,18-,19-/m0/s1. The van der Waals surface area contributed by atoms with Gasteiger partial charge in [-0.25, -0.2) is 10.4 Å². The molecule has 2 aliphatic heterocycles. The van der Waals surface area contributed by atoms with Gasteiger partial charge < -0.3 is 0 Å². The minimum Gasteiger partial charge on any atom is -0.278 e. The average Bonchev–Trinajstić information content (AvgIpc) is 3.19. The first-order valence-corrected chi connectivity index (χ1v) is 9.56. The van der Waals surface area contributed by atoms with Gasteiger partial charge in [-0.15, -0.1) is 0 Å². The van der Waals surface area contributed by atoms with E-state index >= 15 is 0 Å². The first kappa shape index (κ1) is 19.2. The summed E-state index contributed by atoms with van der Waals surface area (Å²) in [5.41, 5.74) is 5.07. The highest BCUT2D eigenvalue weighted by Crippen LogP contribution is 2.41. The molecule has 0 spiro atoms. The van der Waals surface area contributed by atoms with Crippen molar-refractivity contribution in [3.05, 3.63) is 75.8 Å². The SMILES string of the molecule is CC(C)N1C(=O)[C@@H]2[C@@H](C1=O)N(Cc1ccccc1)N[C@H]2c1ccc([N+](=O)[O-])cc1. The molecule has 2 aliphatic rings. The molecule has 8 heteroatoms. The van der Waals surface area contributed by atoms with Crippen molar-refractivity contribution in [2.45, 2.75) is 38.5 Å². The fraction of sp³-hybridized carbons (Fsp3) is 0.333. The molecule has 2 heterocycles. The Bertz CT molecular complexity index is 945. The Morgan fingerprint density at radius 2 is 1.69 bits per heavy atom. The minimum atomic E-state index is -0.606. The number of nitrogens with zero attached hydrogens (tertiary/aromatic N) is 3. The van der Waals surface area contributed by atoms with E-state index < -0.39 is 22.9 Å². The number of non-ortho nitro benzene ring substituents is 1. The van der Waals surface area contributed by atoms with Crippen molar-refractivity contribution in [3.8, 4) is 0 Å². The van der Waals surface area contributed by atoms with E-state index in [1.807, 2.05) is 49.2 Å². The Balaban J connectivity index is 1.69. The number of likely N-dealkylation sites (tertiary alicyclic amines) is 1. The van der Waals surface area contributed by atoms with Gasteiger partial charge in [0.15, 0.2) is 0 Å². The zero-order valence-corrected chi connectivity index (χ0v) is 16.2. The van der Waals surface area contributed by atoms with Crippen LogP contribution in [0.1, 0.15) is 31.0 Å². The zero-order chi connectivity index (χ0) is 20.7. The summed E-state index contributed by atoms with van der Waals surface area (Å²) in [4.78, 5) is 38.1. The fourth-order valence-electron chi connectivity index (χ4n) is 4.21. The van der Waals surface area contributed by atoms with Gasteiger partial charge in [-0.1, -0.05) is 42.5 Å². The van der Waals surface area contributed by atoms with Gasteiger partial charge in [-0.05, 0) is 25.0 Å². The fourth-order valence-corrected chi connectivity index (χ4v) is 4.21. The van der Waals surface area contributed by atoms with Gasteiger partial charge in [0.1, 0.15) is 6.04 Å². The lowest BCUT2D eigenvalue weighted by atomic mass is 9.91. The van der Waals surface area contributed by atoms with Crippen LogP contribution in [0.3, 0.4) is 0 Å². The number of benzene rings is 2. The third kappa shape index (κ3) is 3.30. The largest absolute Gasteiger partial charge is 0.278 e. The summed E-state index contributed by atoms with van der Waals surface area (Å²) < 4.78 is 0. The van der Waals surface area contributed by atoms with Crippen LogP contribution in [0.4, 0.5) is 5.69 Å². The van der Waals surface area contributed by atoms with E-state index in [0.717, 1.165) is 11.1 Å². The van der Waals surface area contributed by atoms with Crippen LogP contribution in [0.5, 0.6) is 0 Å². The van der Waals surface area contributed by atoms with Gasteiger partial charge >= 0.3 is 0 Å². The summed E-state index contributed by atoms with van der Waals surface area (Å²) >= 11 is 0. The highest BCUT2D eigenvalue weighted by atomic mass is 16.6. The second-order valence-electron chi connectivity index (χ2n) is 7.68. The normalized spacial score (nSPS) is 24.4. The molecule has 4 rings (SSSR count). The van der Waals surface area contributed by atoms with Crippen molar-refractivity contribution >= 4 is 17.5 Å². The number of carbonyl (C=O) groups is 2. The van der Waals surface area contributed by atoms with Crippen LogP contribution >= 0.6 is 0 Å². The molecule has 8 nitrogen and oxygen atoms in total. The zero-order valence-electron chi connectivity index (χ0n) is 16.2. The summed E-state index contributed by atoms with van der Waals surface area (Å²) in [7, 11) is 0. The number of nitro benzene ring substituents is 1. The Hall–Kier alpha value is -3.10. The molecule has 2 amide bonds. The summed E-state index contributed by atoms with van der Waals surface area (Å²) in [6.45, 7) is 4.12. The van der Waals surface area contributed by atoms with Gasteiger partial charge in [-0.2, -0.15) is 0 Å². The molecule has 29 heavy (non-hydrogen) atoms. The van der Waals surface area contributed by atoms with Crippen molar-refractivity contribution in [2.75, 3.05) is 0 Å². The monoisotopic (exact) mass is 394 g/mol. The smallest absolute Gasteiger partial charge is 0.269 e. The quantitative estimate of drug-likeness (QED) is 0.475. The Morgan fingerprint density at radius 1 is 1.03 bits per heavy atom. The first-order valence-electron chi connectivity index (χ1n) is 9.56. The maximum Gasteiger partial charge on any atom is 0.269 e. The van der Waals surface area contributed by atoms with Crippen molar-refractivity contribution in [1.82, 2.24) is 15.3 Å². The number of rotatable bonds is 5. The van der Waals surface area contributed by atoms with Gasteiger partial charge in [-0.3, -0.25) is 24.6 Å². The number of amides is 2. The summed E-state index contributed by atoms with van der Waals surface area (Å²) in [6.07, 6.45) is 0. The van der Waals surface area contributed by atoms with Gasteiger partial charge in [0.2, 0.25) is 11.8 Å². The number of hydrogen-bond donors (Lipinski definition) is 1. The van der Waals surface area contributed by atoms with Gasteiger partial charge in [0, 0.05) is 24.7 Å². The van der Waals surface area contributed by atoms with Crippen LogP contribution in [-0.2, 0) is 16.1 Å². The average molecular weight is 394 g/mol. The predicted octanol–water partition coefficient (Wildman–Crippen LogP) is 2.42. The molecule has 0 saturated carbocycles. The summed E-state index contributed by atoms with van der Waals surface area (Å²) in [5, 5.41) is 12.8. The second-order valence-corrected chi connectivity index (χ2v) is 7.68. The Labute approximate surface area is 168 Å². The van der Waals surface area contributed by atoms with E-state index in [4.69, 9.17) is 0 Å². The highest BCUT2D eigenvalue weighted by molar-refractivity contribution is 6.08. The lowest BCUT2D eigenvalue weighted by Crippen LogP contribution is -2.46. The third-order valence-corrected chi connectivity index (χ3v) is 5.53. The van der Waals surface area contributed by atoms with E-state index in [-0.39, 0.29) is 23.5 Å². The van der Waals surface area contributed by atoms with E-state index in [2.05, 4.69) is 5.43 Å². The molecule has 2 aromatic carbocycles. The summed E-state index contributed by atoms with van der Waals surface area (Å²) in [6, 6.07) is 14.6. The van der Waals surface area contributed by atoms with E-state index in [9.17, 15) is 19.7 Å². The molecule has 2 saturated heterocycles. The molecular formula is C21H22N4O4. The molecule has 3 atom stereocenters. The van der Waals surface area contributed by atoms with Crippen molar-refractivity contribution in [2.24, 2.45) is 5.92 Å². The maximum absolute atomic E-state index is 13.1.